The Labute approximate surface area is 130 Å². The van der Waals surface area contributed by atoms with E-state index in [0.717, 1.165) is 12.8 Å². The molecule has 2 rings (SSSR count). The van der Waals surface area contributed by atoms with Crippen molar-refractivity contribution in [1.82, 2.24) is 0 Å². The zero-order chi connectivity index (χ0) is 15.4. The summed E-state index contributed by atoms with van der Waals surface area (Å²) in [5.41, 5.74) is 0.334. The van der Waals surface area contributed by atoms with E-state index in [2.05, 4.69) is 10.1 Å². The highest BCUT2D eigenvalue weighted by Crippen LogP contribution is 2.37. The Morgan fingerprint density at radius 3 is 2.57 bits per heavy atom. The fourth-order valence-corrected chi connectivity index (χ4v) is 1.97. The molecule has 1 aromatic rings. The van der Waals surface area contributed by atoms with Crippen LogP contribution >= 0.6 is 23.2 Å². The third-order valence-electron chi connectivity index (χ3n) is 2.57. The normalized spacial score (nSPS) is 13.8. The lowest BCUT2D eigenvalue weighted by molar-refractivity contribution is -0.143. The molecule has 0 unspecified atom stereocenters. The SMILES string of the molecule is O=C(O)COCC(=O)Nc1cc(OC2CC2)c(Cl)cc1Cl. The number of amides is 1. The monoisotopic (exact) mass is 333 g/mol. The van der Waals surface area contributed by atoms with Crippen molar-refractivity contribution < 1.29 is 24.2 Å². The molecule has 0 heterocycles. The van der Waals surface area contributed by atoms with Gasteiger partial charge in [-0.25, -0.2) is 4.79 Å². The molecular weight excluding hydrogens is 321 g/mol. The molecule has 21 heavy (non-hydrogen) atoms. The van der Waals surface area contributed by atoms with E-state index in [-0.39, 0.29) is 17.7 Å². The van der Waals surface area contributed by atoms with Crippen LogP contribution in [0.3, 0.4) is 0 Å². The predicted molar refractivity (Wildman–Crippen MR) is 77.2 cm³/mol. The summed E-state index contributed by atoms with van der Waals surface area (Å²) >= 11 is 12.0. The molecule has 0 aromatic heterocycles. The van der Waals surface area contributed by atoms with Gasteiger partial charge in [-0.2, -0.15) is 0 Å². The molecule has 1 aliphatic rings. The second-order valence-electron chi connectivity index (χ2n) is 4.51. The quantitative estimate of drug-likeness (QED) is 0.801. The number of carboxylic acid groups (broad SMARTS) is 1. The van der Waals surface area contributed by atoms with E-state index in [0.29, 0.717) is 16.5 Å². The van der Waals surface area contributed by atoms with Crippen molar-refractivity contribution in [2.24, 2.45) is 0 Å². The Balaban J connectivity index is 1.97. The first-order valence-corrected chi connectivity index (χ1v) is 6.96. The molecule has 0 aliphatic heterocycles. The third kappa shape index (κ3) is 5.08. The Morgan fingerprint density at radius 2 is 1.95 bits per heavy atom. The predicted octanol–water partition coefficient (Wildman–Crippen LogP) is 2.57. The maximum Gasteiger partial charge on any atom is 0.329 e. The van der Waals surface area contributed by atoms with Crippen LogP contribution < -0.4 is 10.1 Å². The molecule has 1 saturated carbocycles. The lowest BCUT2D eigenvalue weighted by Crippen LogP contribution is -2.21. The molecule has 2 N–H and O–H groups in total. The molecule has 6 nitrogen and oxygen atoms in total. The highest BCUT2D eigenvalue weighted by atomic mass is 35.5. The summed E-state index contributed by atoms with van der Waals surface area (Å²) in [5, 5.41) is 11.6. The van der Waals surface area contributed by atoms with E-state index in [4.69, 9.17) is 33.0 Å². The van der Waals surface area contributed by atoms with Gasteiger partial charge in [0.05, 0.1) is 21.8 Å². The summed E-state index contributed by atoms with van der Waals surface area (Å²) < 4.78 is 10.3. The van der Waals surface area contributed by atoms with Crippen LogP contribution in [0.25, 0.3) is 0 Å². The van der Waals surface area contributed by atoms with Gasteiger partial charge in [-0.15, -0.1) is 0 Å². The van der Waals surface area contributed by atoms with Gasteiger partial charge in [-0.3, -0.25) is 4.79 Å². The standard InChI is InChI=1S/C13H13Cl2NO5/c14-8-3-9(15)11(21-7-1-2-7)4-10(8)16-12(17)5-20-6-13(18)19/h3-4,7H,1-2,5-6H2,(H,16,17)(H,18,19). The van der Waals surface area contributed by atoms with Gasteiger partial charge >= 0.3 is 5.97 Å². The number of ether oxygens (including phenoxy) is 2. The van der Waals surface area contributed by atoms with E-state index in [1.807, 2.05) is 0 Å². The van der Waals surface area contributed by atoms with E-state index < -0.39 is 18.5 Å². The van der Waals surface area contributed by atoms with Crippen LogP contribution in [-0.2, 0) is 14.3 Å². The first-order valence-electron chi connectivity index (χ1n) is 6.21. The van der Waals surface area contributed by atoms with Crippen molar-refractivity contribution in [3.8, 4) is 5.75 Å². The Kier molecular flexibility index (Phi) is 5.27. The summed E-state index contributed by atoms with van der Waals surface area (Å²) in [6.07, 6.45) is 2.11. The van der Waals surface area contributed by atoms with Gasteiger partial charge in [0.1, 0.15) is 19.0 Å². The van der Waals surface area contributed by atoms with Crippen molar-refractivity contribution in [2.45, 2.75) is 18.9 Å². The van der Waals surface area contributed by atoms with Gasteiger partial charge < -0.3 is 19.9 Å². The average Bonchev–Trinajstić information content (AvgIpc) is 3.18. The second-order valence-corrected chi connectivity index (χ2v) is 5.33. The van der Waals surface area contributed by atoms with E-state index >= 15 is 0 Å². The lowest BCUT2D eigenvalue weighted by Gasteiger charge is -2.12. The van der Waals surface area contributed by atoms with Gasteiger partial charge in [0, 0.05) is 6.07 Å². The molecule has 1 fully saturated rings. The van der Waals surface area contributed by atoms with Gasteiger partial charge in [0.15, 0.2) is 0 Å². The fourth-order valence-electron chi connectivity index (χ4n) is 1.50. The summed E-state index contributed by atoms with van der Waals surface area (Å²) in [7, 11) is 0. The first-order chi connectivity index (χ1) is 9.95. The highest BCUT2D eigenvalue weighted by Gasteiger charge is 2.25. The Bertz CT molecular complexity index is 560. The van der Waals surface area contributed by atoms with Gasteiger partial charge in [-0.1, -0.05) is 23.2 Å². The van der Waals surface area contributed by atoms with Crippen LogP contribution in [0.15, 0.2) is 12.1 Å². The van der Waals surface area contributed by atoms with Crippen molar-refractivity contribution in [1.29, 1.82) is 0 Å². The Morgan fingerprint density at radius 1 is 1.24 bits per heavy atom. The molecule has 1 amide bonds. The van der Waals surface area contributed by atoms with Gasteiger partial charge in [-0.05, 0) is 18.9 Å². The van der Waals surface area contributed by atoms with E-state index in [1.54, 1.807) is 0 Å². The smallest absolute Gasteiger partial charge is 0.329 e. The molecular formula is C13H13Cl2NO5. The van der Waals surface area contributed by atoms with E-state index in [9.17, 15) is 9.59 Å². The van der Waals surface area contributed by atoms with Crippen LogP contribution in [0.4, 0.5) is 5.69 Å². The number of carbonyl (C=O) groups is 2. The number of anilines is 1. The van der Waals surface area contributed by atoms with Crippen molar-refractivity contribution in [3.63, 3.8) is 0 Å². The number of rotatable bonds is 7. The number of halogens is 2. The van der Waals surface area contributed by atoms with Crippen molar-refractivity contribution >= 4 is 40.8 Å². The zero-order valence-electron chi connectivity index (χ0n) is 10.9. The minimum atomic E-state index is -1.15. The van der Waals surface area contributed by atoms with Crippen molar-refractivity contribution in [2.75, 3.05) is 18.5 Å². The number of aliphatic carboxylic acids is 1. The van der Waals surface area contributed by atoms with Crippen LogP contribution in [-0.4, -0.2) is 36.3 Å². The van der Waals surface area contributed by atoms with Crippen molar-refractivity contribution in [3.05, 3.63) is 22.2 Å². The molecule has 1 aliphatic carbocycles. The summed E-state index contributed by atoms with van der Waals surface area (Å²) in [5.74, 6) is -1.21. The van der Waals surface area contributed by atoms with E-state index in [1.165, 1.54) is 12.1 Å². The number of carboxylic acids is 1. The minimum Gasteiger partial charge on any atom is -0.489 e. The van der Waals surface area contributed by atoms with Crippen LogP contribution in [0, 0.1) is 0 Å². The maximum absolute atomic E-state index is 11.6. The average molecular weight is 334 g/mol. The van der Waals surface area contributed by atoms with Crippen LogP contribution in [0.2, 0.25) is 10.0 Å². The number of benzene rings is 1. The molecule has 0 bridgehead atoms. The number of hydrogen-bond acceptors (Lipinski definition) is 4. The second kappa shape index (κ2) is 6.98. The molecule has 0 radical (unpaired) electrons. The number of nitrogens with one attached hydrogen (secondary N) is 1. The third-order valence-corrected chi connectivity index (χ3v) is 3.18. The summed E-state index contributed by atoms with van der Waals surface area (Å²) in [4.78, 5) is 21.9. The molecule has 0 atom stereocenters. The molecule has 8 heteroatoms. The van der Waals surface area contributed by atoms with Gasteiger partial charge in [0.25, 0.3) is 0 Å². The largest absolute Gasteiger partial charge is 0.489 e. The van der Waals surface area contributed by atoms with Crippen LogP contribution in [0.1, 0.15) is 12.8 Å². The molecule has 1 aromatic carbocycles. The van der Waals surface area contributed by atoms with Gasteiger partial charge in [0.2, 0.25) is 5.91 Å². The first kappa shape index (κ1) is 15.9. The molecule has 0 spiro atoms. The summed E-state index contributed by atoms with van der Waals surface area (Å²) in [6.45, 7) is -0.929. The topological polar surface area (TPSA) is 84.9 Å². The number of hydrogen-bond donors (Lipinski definition) is 2. The zero-order valence-corrected chi connectivity index (χ0v) is 12.4. The summed E-state index contributed by atoms with van der Waals surface area (Å²) in [6, 6.07) is 3.02. The lowest BCUT2D eigenvalue weighted by atomic mass is 10.3. The highest BCUT2D eigenvalue weighted by molar-refractivity contribution is 6.37. The fraction of sp³-hybridized carbons (Fsp3) is 0.385. The Hall–Kier alpha value is -1.50. The number of carbonyl (C=O) groups excluding carboxylic acids is 1. The van der Waals surface area contributed by atoms with Crippen LogP contribution in [0.5, 0.6) is 5.75 Å². The maximum atomic E-state index is 11.6. The molecule has 114 valence electrons. The minimum absolute atomic E-state index is 0.158. The molecule has 0 saturated heterocycles.